The quantitative estimate of drug-likeness (QED) is 0.821. The van der Waals surface area contributed by atoms with Crippen LogP contribution in [0.25, 0.3) is 0 Å². The van der Waals surface area contributed by atoms with Crippen molar-refractivity contribution in [2.75, 3.05) is 20.3 Å². The van der Waals surface area contributed by atoms with E-state index in [9.17, 15) is 4.79 Å². The number of Topliss-reactive ketones (excluding diaryl/α,β-unsaturated/α-hetero) is 1. The van der Waals surface area contributed by atoms with Gasteiger partial charge in [-0.15, -0.1) is 0 Å². The van der Waals surface area contributed by atoms with E-state index in [0.29, 0.717) is 19.6 Å². The maximum Gasteiger partial charge on any atom is 0.130 e. The van der Waals surface area contributed by atoms with Gasteiger partial charge < -0.3 is 9.47 Å². The van der Waals surface area contributed by atoms with E-state index in [-0.39, 0.29) is 11.2 Å². The second-order valence-corrected chi connectivity index (χ2v) is 5.29. The van der Waals surface area contributed by atoms with Crippen molar-refractivity contribution < 1.29 is 14.3 Å². The van der Waals surface area contributed by atoms with Gasteiger partial charge in [-0.3, -0.25) is 4.79 Å². The van der Waals surface area contributed by atoms with E-state index in [1.807, 2.05) is 13.0 Å². The van der Waals surface area contributed by atoms with Crippen LogP contribution < -0.4 is 4.74 Å². The first-order chi connectivity index (χ1) is 8.48. The minimum atomic E-state index is -0.118. The summed E-state index contributed by atoms with van der Waals surface area (Å²) in [5.74, 6) is 1.11. The molecule has 0 spiro atoms. The van der Waals surface area contributed by atoms with Crippen molar-refractivity contribution >= 4 is 5.78 Å². The Morgan fingerprint density at radius 2 is 2.00 bits per heavy atom. The van der Waals surface area contributed by atoms with Crippen molar-refractivity contribution in [3.8, 4) is 5.75 Å². The Hall–Kier alpha value is -1.35. The Balaban J connectivity index is 2.43. The van der Waals surface area contributed by atoms with Crippen molar-refractivity contribution in [2.24, 2.45) is 0 Å². The predicted octanol–water partition coefficient (Wildman–Crippen LogP) is 2.56. The molecule has 2 rings (SSSR count). The zero-order valence-corrected chi connectivity index (χ0v) is 11.5. The van der Waals surface area contributed by atoms with E-state index in [1.54, 1.807) is 14.0 Å². The molecule has 1 saturated heterocycles. The molecule has 1 aliphatic heterocycles. The van der Waals surface area contributed by atoms with Crippen LogP contribution in [-0.4, -0.2) is 26.1 Å². The molecule has 1 aliphatic rings. The zero-order chi connectivity index (χ0) is 13.3. The second-order valence-electron chi connectivity index (χ2n) is 5.29. The molecule has 0 aromatic heterocycles. The van der Waals surface area contributed by atoms with Crippen LogP contribution in [0.5, 0.6) is 5.75 Å². The van der Waals surface area contributed by atoms with Crippen molar-refractivity contribution in [2.45, 2.75) is 32.6 Å². The standard InChI is InChI=1S/C15H20O3/c1-10-6-14(17-4)11(2)5-13(10)15(7-12(3)16)8-18-9-15/h5-6H,7-9H2,1-4H3. The van der Waals surface area contributed by atoms with Crippen LogP contribution in [0.4, 0.5) is 0 Å². The molecule has 1 heterocycles. The van der Waals surface area contributed by atoms with E-state index in [1.165, 1.54) is 11.1 Å². The number of ketones is 1. The number of carbonyl (C=O) groups excluding carboxylic acids is 1. The highest BCUT2D eigenvalue weighted by Crippen LogP contribution is 2.39. The highest BCUT2D eigenvalue weighted by Gasteiger charge is 2.42. The highest BCUT2D eigenvalue weighted by molar-refractivity contribution is 5.77. The average molecular weight is 248 g/mol. The predicted molar refractivity (Wildman–Crippen MR) is 70.3 cm³/mol. The number of aryl methyl sites for hydroxylation is 2. The minimum Gasteiger partial charge on any atom is -0.496 e. The maximum atomic E-state index is 11.5. The topological polar surface area (TPSA) is 35.5 Å². The van der Waals surface area contributed by atoms with Gasteiger partial charge in [0.1, 0.15) is 11.5 Å². The van der Waals surface area contributed by atoms with Gasteiger partial charge in [0.15, 0.2) is 0 Å². The lowest BCUT2D eigenvalue weighted by atomic mass is 9.72. The smallest absolute Gasteiger partial charge is 0.130 e. The van der Waals surface area contributed by atoms with Gasteiger partial charge in [0, 0.05) is 11.8 Å². The summed E-state index contributed by atoms with van der Waals surface area (Å²) in [6.45, 7) is 7.02. The number of carbonyl (C=O) groups is 1. The molecule has 0 bridgehead atoms. The van der Waals surface area contributed by atoms with Crippen molar-refractivity contribution in [3.05, 3.63) is 28.8 Å². The molecule has 0 radical (unpaired) electrons. The third kappa shape index (κ3) is 2.15. The van der Waals surface area contributed by atoms with Gasteiger partial charge >= 0.3 is 0 Å². The number of hydrogen-bond donors (Lipinski definition) is 0. The van der Waals surface area contributed by atoms with E-state index >= 15 is 0 Å². The zero-order valence-electron chi connectivity index (χ0n) is 11.5. The van der Waals surface area contributed by atoms with Crippen LogP contribution in [0.2, 0.25) is 0 Å². The Bertz CT molecular complexity index is 473. The molecule has 0 unspecified atom stereocenters. The van der Waals surface area contributed by atoms with Gasteiger partial charge in [0.05, 0.1) is 20.3 Å². The molecular weight excluding hydrogens is 228 g/mol. The van der Waals surface area contributed by atoms with Crippen LogP contribution in [0.1, 0.15) is 30.0 Å². The SMILES string of the molecule is COc1cc(C)c(C2(CC(C)=O)COC2)cc1C. The van der Waals surface area contributed by atoms with Gasteiger partial charge in [-0.05, 0) is 43.5 Å². The second kappa shape index (κ2) is 4.73. The fourth-order valence-electron chi connectivity index (χ4n) is 2.76. The number of benzene rings is 1. The molecule has 1 fully saturated rings. The van der Waals surface area contributed by atoms with Crippen LogP contribution >= 0.6 is 0 Å². The average Bonchev–Trinajstić information content (AvgIpc) is 2.26. The summed E-state index contributed by atoms with van der Waals surface area (Å²) in [5, 5.41) is 0. The van der Waals surface area contributed by atoms with E-state index in [0.717, 1.165) is 11.3 Å². The summed E-state index contributed by atoms with van der Waals surface area (Å²) in [7, 11) is 1.68. The third-order valence-electron chi connectivity index (χ3n) is 3.66. The van der Waals surface area contributed by atoms with E-state index < -0.39 is 0 Å². The van der Waals surface area contributed by atoms with Gasteiger partial charge in [0.2, 0.25) is 0 Å². The van der Waals surface area contributed by atoms with E-state index in [4.69, 9.17) is 9.47 Å². The first-order valence-corrected chi connectivity index (χ1v) is 6.21. The number of hydrogen-bond acceptors (Lipinski definition) is 3. The van der Waals surface area contributed by atoms with Gasteiger partial charge in [-0.1, -0.05) is 6.07 Å². The van der Waals surface area contributed by atoms with Crippen LogP contribution in [0.3, 0.4) is 0 Å². The summed E-state index contributed by atoms with van der Waals surface area (Å²) >= 11 is 0. The molecule has 1 aromatic rings. The number of rotatable bonds is 4. The lowest BCUT2D eigenvalue weighted by molar-refractivity contribution is -0.125. The molecule has 3 nitrogen and oxygen atoms in total. The minimum absolute atomic E-state index is 0.118. The monoisotopic (exact) mass is 248 g/mol. The van der Waals surface area contributed by atoms with Crippen LogP contribution in [0, 0.1) is 13.8 Å². The molecule has 3 heteroatoms. The molecule has 0 atom stereocenters. The molecule has 0 aliphatic carbocycles. The summed E-state index contributed by atoms with van der Waals surface area (Å²) in [5.41, 5.74) is 3.38. The molecule has 0 saturated carbocycles. The first kappa shape index (κ1) is 13.1. The van der Waals surface area contributed by atoms with Crippen LogP contribution in [-0.2, 0) is 14.9 Å². The first-order valence-electron chi connectivity index (χ1n) is 6.21. The summed E-state index contributed by atoms with van der Waals surface area (Å²) in [4.78, 5) is 11.5. The molecule has 0 amide bonds. The van der Waals surface area contributed by atoms with E-state index in [2.05, 4.69) is 13.0 Å². The highest BCUT2D eigenvalue weighted by atomic mass is 16.5. The summed E-state index contributed by atoms with van der Waals surface area (Å²) in [6.07, 6.45) is 0.555. The summed E-state index contributed by atoms with van der Waals surface area (Å²) in [6, 6.07) is 4.19. The van der Waals surface area contributed by atoms with Crippen LogP contribution in [0.15, 0.2) is 12.1 Å². The van der Waals surface area contributed by atoms with Crippen molar-refractivity contribution in [1.82, 2.24) is 0 Å². The van der Waals surface area contributed by atoms with Gasteiger partial charge in [0.25, 0.3) is 0 Å². The van der Waals surface area contributed by atoms with Crippen molar-refractivity contribution in [3.63, 3.8) is 0 Å². The van der Waals surface area contributed by atoms with Crippen molar-refractivity contribution in [1.29, 1.82) is 0 Å². The number of methoxy groups -OCH3 is 1. The maximum absolute atomic E-state index is 11.5. The van der Waals surface area contributed by atoms with Gasteiger partial charge in [-0.2, -0.15) is 0 Å². The fraction of sp³-hybridized carbons (Fsp3) is 0.533. The Morgan fingerprint density at radius 1 is 1.33 bits per heavy atom. The van der Waals surface area contributed by atoms with Gasteiger partial charge in [-0.25, -0.2) is 0 Å². The lowest BCUT2D eigenvalue weighted by Gasteiger charge is -2.42. The Labute approximate surface area is 108 Å². The normalized spacial score (nSPS) is 17.1. The molecular formula is C15H20O3. The Kier molecular flexibility index (Phi) is 3.44. The largest absolute Gasteiger partial charge is 0.496 e. The Morgan fingerprint density at radius 3 is 2.44 bits per heavy atom. The molecule has 18 heavy (non-hydrogen) atoms. The molecule has 0 N–H and O–H groups in total. The fourth-order valence-corrected chi connectivity index (χ4v) is 2.76. The third-order valence-corrected chi connectivity index (χ3v) is 3.66. The molecule has 98 valence electrons. The number of ether oxygens (including phenoxy) is 2. The lowest BCUT2D eigenvalue weighted by Crippen LogP contribution is -2.48. The molecule has 1 aromatic carbocycles. The summed E-state index contributed by atoms with van der Waals surface area (Å²) < 4.78 is 10.7.